The number of aryl methyl sites for hydroxylation is 2. The van der Waals surface area contributed by atoms with Gasteiger partial charge in [-0.05, 0) is 46.0 Å². The minimum atomic E-state index is -2.02. The van der Waals surface area contributed by atoms with Crippen molar-refractivity contribution in [1.29, 1.82) is 0 Å². The highest BCUT2D eigenvalue weighted by molar-refractivity contribution is 6.32. The highest BCUT2D eigenvalue weighted by Crippen LogP contribution is 2.13. The summed E-state index contributed by atoms with van der Waals surface area (Å²) in [7, 11) is 1.76. The van der Waals surface area contributed by atoms with Gasteiger partial charge in [-0.15, -0.1) is 0 Å². The molecular weight excluding hydrogens is 373 g/mol. The van der Waals surface area contributed by atoms with Crippen molar-refractivity contribution < 1.29 is 24.3 Å². The van der Waals surface area contributed by atoms with E-state index in [-0.39, 0.29) is 18.9 Å². The molecule has 1 aromatic carbocycles. The van der Waals surface area contributed by atoms with Crippen LogP contribution in [0.4, 0.5) is 0 Å². The maximum Gasteiger partial charge on any atom is 0.635 e. The molecule has 29 heavy (non-hydrogen) atoms. The van der Waals surface area contributed by atoms with Crippen LogP contribution in [0.3, 0.4) is 0 Å². The van der Waals surface area contributed by atoms with Gasteiger partial charge in [-0.1, -0.05) is 29.8 Å². The van der Waals surface area contributed by atoms with Crippen molar-refractivity contribution in [2.24, 2.45) is 0 Å². The molecule has 0 aliphatic rings. The Hall–Kier alpha value is -2.20. The first-order valence-electron chi connectivity index (χ1n) is 9.59. The van der Waals surface area contributed by atoms with Gasteiger partial charge < -0.3 is 29.8 Å². The fourth-order valence-electron chi connectivity index (χ4n) is 2.77. The Balaban J connectivity index is 2.75. The highest BCUT2D eigenvalue weighted by Gasteiger charge is 2.22. The second-order valence-electron chi connectivity index (χ2n) is 7.17. The van der Waals surface area contributed by atoms with Gasteiger partial charge in [0.05, 0.1) is 6.54 Å². The van der Waals surface area contributed by atoms with E-state index < -0.39 is 19.5 Å². The smallest absolute Gasteiger partial charge is 0.402 e. The first kappa shape index (κ1) is 24.8. The van der Waals surface area contributed by atoms with Crippen LogP contribution in [-0.2, 0) is 20.7 Å². The molecule has 0 saturated carbocycles. The minimum absolute atomic E-state index is 0.157. The molecule has 1 atom stereocenters. The summed E-state index contributed by atoms with van der Waals surface area (Å²) in [4.78, 5) is 28.0. The zero-order valence-corrected chi connectivity index (χ0v) is 17.9. The first-order chi connectivity index (χ1) is 13.6. The van der Waals surface area contributed by atoms with Gasteiger partial charge in [0.15, 0.2) is 0 Å². The number of likely N-dealkylation sites (N-methyl/N-ethyl adjacent to an activating group) is 2. The van der Waals surface area contributed by atoms with Gasteiger partial charge in [0.1, 0.15) is 6.23 Å². The fraction of sp³-hybridized carbons (Fsp3) is 0.500. The third-order valence-electron chi connectivity index (χ3n) is 4.27. The molecule has 9 heteroatoms. The van der Waals surface area contributed by atoms with Gasteiger partial charge in [0.25, 0.3) is 0 Å². The molecule has 3 N–H and O–H groups in total. The third kappa shape index (κ3) is 9.71. The molecule has 0 spiro atoms. The number of benzene rings is 1. The summed E-state index contributed by atoms with van der Waals surface area (Å²) < 4.78 is 5.03. The molecular formula is C20H32BN3O5. The van der Waals surface area contributed by atoms with Crippen molar-refractivity contribution in [3.63, 3.8) is 0 Å². The second kappa shape index (κ2) is 12.4. The lowest BCUT2D eigenvalue weighted by molar-refractivity contribution is -0.133. The summed E-state index contributed by atoms with van der Waals surface area (Å²) in [6.45, 7) is 6.53. The van der Waals surface area contributed by atoms with Crippen molar-refractivity contribution in [1.82, 2.24) is 15.1 Å². The molecule has 160 valence electrons. The van der Waals surface area contributed by atoms with Crippen LogP contribution in [0.15, 0.2) is 30.4 Å². The van der Waals surface area contributed by atoms with Gasteiger partial charge in [-0.2, -0.15) is 0 Å². The molecule has 1 rings (SSSR count). The maximum atomic E-state index is 12.4. The van der Waals surface area contributed by atoms with Crippen LogP contribution in [0.1, 0.15) is 23.6 Å². The van der Waals surface area contributed by atoms with E-state index in [2.05, 4.69) is 5.32 Å². The predicted octanol–water partition coefficient (Wildman–Crippen LogP) is 0.241. The number of carbonyl (C=O) groups excluding carboxylic acids is 2. The Kier molecular flexibility index (Phi) is 10.6. The van der Waals surface area contributed by atoms with Gasteiger partial charge in [-0.3, -0.25) is 9.59 Å². The van der Waals surface area contributed by atoms with E-state index in [0.717, 1.165) is 16.7 Å². The van der Waals surface area contributed by atoms with Crippen molar-refractivity contribution in [2.45, 2.75) is 33.4 Å². The zero-order valence-electron chi connectivity index (χ0n) is 17.9. The maximum absolute atomic E-state index is 12.4. The van der Waals surface area contributed by atoms with Crippen molar-refractivity contribution in [3.8, 4) is 0 Å². The lowest BCUT2D eigenvalue weighted by Crippen LogP contribution is -2.47. The van der Waals surface area contributed by atoms with Crippen LogP contribution in [0.5, 0.6) is 0 Å². The fourth-order valence-corrected chi connectivity index (χ4v) is 2.77. The first-order valence-corrected chi connectivity index (χ1v) is 9.59. The molecule has 0 unspecified atom stereocenters. The van der Waals surface area contributed by atoms with E-state index in [1.807, 2.05) is 51.0 Å². The summed E-state index contributed by atoms with van der Waals surface area (Å²) in [5.41, 5.74) is 3.03. The number of amides is 2. The molecule has 8 nitrogen and oxygen atoms in total. The Morgan fingerprint density at radius 2 is 1.97 bits per heavy atom. The number of nitrogens with zero attached hydrogens (tertiary/aromatic N) is 2. The summed E-state index contributed by atoms with van der Waals surface area (Å²) in [5.74, 6) is -0.713. The minimum Gasteiger partial charge on any atom is -0.402 e. The number of hydrogen-bond acceptors (Lipinski definition) is 6. The molecule has 0 aromatic heterocycles. The van der Waals surface area contributed by atoms with E-state index >= 15 is 0 Å². The van der Waals surface area contributed by atoms with E-state index in [1.54, 1.807) is 13.0 Å². The standard InChI is InChI=1S/C20H32BN3O5/c1-6-24(20(26)8-7-11-23(4)5)14-18(25)22-19(29-21(27)28)13-17-10-9-15(2)12-16(17)3/h7-10,12,19,27-28H,6,11,13-14H2,1-5H3,(H,22,25)/b8-7+/t19-/m1/s1. The molecule has 0 aliphatic carbocycles. The molecule has 2 amide bonds. The predicted molar refractivity (Wildman–Crippen MR) is 113 cm³/mol. The monoisotopic (exact) mass is 405 g/mol. The second-order valence-corrected chi connectivity index (χ2v) is 7.17. The lowest BCUT2D eigenvalue weighted by Gasteiger charge is -2.23. The average molecular weight is 405 g/mol. The number of rotatable bonds is 11. The van der Waals surface area contributed by atoms with Gasteiger partial charge >= 0.3 is 7.32 Å². The van der Waals surface area contributed by atoms with Crippen molar-refractivity contribution >= 4 is 19.1 Å². The van der Waals surface area contributed by atoms with Gasteiger partial charge in [-0.25, -0.2) is 0 Å². The van der Waals surface area contributed by atoms with Gasteiger partial charge in [0.2, 0.25) is 11.8 Å². The molecule has 0 fully saturated rings. The zero-order chi connectivity index (χ0) is 22.0. The Labute approximate surface area is 173 Å². The molecule has 0 saturated heterocycles. The van der Waals surface area contributed by atoms with E-state index in [1.165, 1.54) is 11.0 Å². The number of hydrogen-bond donors (Lipinski definition) is 3. The van der Waals surface area contributed by atoms with Crippen LogP contribution in [-0.4, -0.2) is 78.9 Å². The lowest BCUT2D eigenvalue weighted by atomic mass is 10.0. The summed E-state index contributed by atoms with van der Waals surface area (Å²) in [6.07, 6.45) is 2.50. The Morgan fingerprint density at radius 3 is 2.52 bits per heavy atom. The van der Waals surface area contributed by atoms with Crippen molar-refractivity contribution in [2.75, 3.05) is 33.7 Å². The molecule has 1 aromatic rings. The van der Waals surface area contributed by atoms with Crippen LogP contribution < -0.4 is 5.32 Å². The summed E-state index contributed by atoms with van der Waals surface area (Å²) in [5, 5.41) is 21.0. The van der Waals surface area contributed by atoms with Gasteiger partial charge in [0, 0.05) is 25.6 Å². The quantitative estimate of drug-likeness (QED) is 0.277. The topological polar surface area (TPSA) is 102 Å². The van der Waals surface area contributed by atoms with Crippen LogP contribution >= 0.6 is 0 Å². The van der Waals surface area contributed by atoms with E-state index in [9.17, 15) is 19.6 Å². The van der Waals surface area contributed by atoms with Crippen molar-refractivity contribution in [3.05, 3.63) is 47.0 Å². The number of carbonyl (C=O) groups is 2. The van der Waals surface area contributed by atoms with Crippen LogP contribution in [0.25, 0.3) is 0 Å². The Bertz CT molecular complexity index is 709. The molecule has 0 aliphatic heterocycles. The summed E-state index contributed by atoms with van der Waals surface area (Å²) >= 11 is 0. The molecule has 0 heterocycles. The summed E-state index contributed by atoms with van der Waals surface area (Å²) in [6, 6.07) is 5.85. The van der Waals surface area contributed by atoms with E-state index in [4.69, 9.17) is 4.65 Å². The number of nitrogens with one attached hydrogen (secondary N) is 1. The third-order valence-corrected chi connectivity index (χ3v) is 4.27. The molecule has 0 bridgehead atoms. The molecule has 0 radical (unpaired) electrons. The normalized spacial score (nSPS) is 12.3. The Morgan fingerprint density at radius 1 is 1.28 bits per heavy atom. The average Bonchev–Trinajstić information content (AvgIpc) is 2.61. The SMILES string of the molecule is CCN(CC(=O)N[C@@H](Cc1ccc(C)cc1C)OB(O)O)C(=O)/C=C/CN(C)C. The largest absolute Gasteiger partial charge is 0.635 e. The van der Waals surface area contributed by atoms with Crippen LogP contribution in [0, 0.1) is 13.8 Å². The van der Waals surface area contributed by atoms with Crippen LogP contribution in [0.2, 0.25) is 0 Å². The highest BCUT2D eigenvalue weighted by atomic mass is 16.6. The van der Waals surface area contributed by atoms with E-state index in [0.29, 0.717) is 13.1 Å².